The molecule has 1 amide bonds. The van der Waals surface area contributed by atoms with Crippen LogP contribution in [-0.2, 0) is 4.74 Å². The molecule has 2 aromatic heterocycles. The van der Waals surface area contributed by atoms with Gasteiger partial charge in [-0.15, -0.1) is 16.4 Å². The number of carbonyl (C=O) groups excluding carboxylic acids is 2. The lowest BCUT2D eigenvalue weighted by molar-refractivity contribution is 0.0602. The van der Waals surface area contributed by atoms with E-state index in [1.54, 1.807) is 18.4 Å². The fraction of sp³-hybridized carbons (Fsp3) is 0.125. The molecule has 1 N–H and O–H groups in total. The molecule has 0 bridgehead atoms. The molecule has 0 aliphatic carbocycles. The zero-order chi connectivity index (χ0) is 18.0. The molecule has 7 nitrogen and oxygen atoms in total. The van der Waals surface area contributed by atoms with Gasteiger partial charge >= 0.3 is 5.97 Å². The van der Waals surface area contributed by atoms with Crippen molar-refractivity contribution in [2.75, 3.05) is 12.4 Å². The van der Waals surface area contributed by atoms with Crippen molar-refractivity contribution in [1.29, 1.82) is 0 Å². The standard InChI is InChI=1S/C16H13FN4O3S/c1-9-18-13(20-21(9)11-5-3-10(17)4-6-11)14(22)19-15-12(7-8-25-15)16(23)24-2/h3-8H,1-2H3,(H,19,22). The molecule has 0 saturated carbocycles. The number of thiophene rings is 1. The summed E-state index contributed by atoms with van der Waals surface area (Å²) in [6.45, 7) is 1.68. The smallest absolute Gasteiger partial charge is 0.340 e. The number of aryl methyl sites for hydroxylation is 1. The first kappa shape index (κ1) is 16.8. The summed E-state index contributed by atoms with van der Waals surface area (Å²) in [6, 6.07) is 7.22. The highest BCUT2D eigenvalue weighted by Crippen LogP contribution is 2.24. The number of esters is 1. The number of ether oxygens (including phenoxy) is 1. The van der Waals surface area contributed by atoms with Crippen LogP contribution in [-0.4, -0.2) is 33.8 Å². The normalized spacial score (nSPS) is 10.5. The van der Waals surface area contributed by atoms with Crippen molar-refractivity contribution in [3.05, 3.63) is 58.7 Å². The van der Waals surface area contributed by atoms with Gasteiger partial charge < -0.3 is 10.1 Å². The number of methoxy groups -OCH3 is 1. The molecule has 0 aliphatic rings. The van der Waals surface area contributed by atoms with Crippen LogP contribution in [0.3, 0.4) is 0 Å². The summed E-state index contributed by atoms with van der Waals surface area (Å²) in [5.74, 6) is -1.07. The fourth-order valence-corrected chi connectivity index (χ4v) is 2.92. The quantitative estimate of drug-likeness (QED) is 0.723. The lowest BCUT2D eigenvalue weighted by Crippen LogP contribution is -2.15. The van der Waals surface area contributed by atoms with Gasteiger partial charge in [0.2, 0.25) is 5.82 Å². The van der Waals surface area contributed by atoms with Gasteiger partial charge in [0.25, 0.3) is 5.91 Å². The maximum atomic E-state index is 13.0. The van der Waals surface area contributed by atoms with Crippen LogP contribution in [0.15, 0.2) is 35.7 Å². The molecule has 0 radical (unpaired) electrons. The van der Waals surface area contributed by atoms with Crippen LogP contribution >= 0.6 is 11.3 Å². The number of hydrogen-bond acceptors (Lipinski definition) is 6. The fourth-order valence-electron chi connectivity index (χ4n) is 2.15. The summed E-state index contributed by atoms with van der Waals surface area (Å²) in [5.41, 5.74) is 0.840. The molecule has 9 heteroatoms. The SMILES string of the molecule is COC(=O)c1ccsc1NC(=O)c1nc(C)n(-c2ccc(F)cc2)n1. The molecule has 0 saturated heterocycles. The van der Waals surface area contributed by atoms with E-state index in [4.69, 9.17) is 0 Å². The highest BCUT2D eigenvalue weighted by molar-refractivity contribution is 7.14. The molecule has 2 heterocycles. The second kappa shape index (κ2) is 6.81. The minimum atomic E-state index is -0.559. The van der Waals surface area contributed by atoms with Gasteiger partial charge in [0, 0.05) is 0 Å². The minimum absolute atomic E-state index is 0.0639. The first-order valence-electron chi connectivity index (χ1n) is 7.16. The summed E-state index contributed by atoms with van der Waals surface area (Å²) < 4.78 is 19.1. The van der Waals surface area contributed by atoms with Crippen LogP contribution in [0.5, 0.6) is 0 Å². The Morgan fingerprint density at radius 3 is 2.64 bits per heavy atom. The summed E-state index contributed by atoms with van der Waals surface area (Å²) in [7, 11) is 1.26. The predicted molar refractivity (Wildman–Crippen MR) is 89.7 cm³/mol. The van der Waals surface area contributed by atoms with Crippen LogP contribution < -0.4 is 5.32 Å². The molecule has 3 rings (SSSR count). The van der Waals surface area contributed by atoms with Crippen molar-refractivity contribution >= 4 is 28.2 Å². The Bertz CT molecular complexity index is 933. The monoisotopic (exact) mass is 360 g/mol. The van der Waals surface area contributed by atoms with Gasteiger partial charge in [0.15, 0.2) is 0 Å². The van der Waals surface area contributed by atoms with Crippen LogP contribution in [0.4, 0.5) is 9.39 Å². The Labute approximate surface area is 146 Å². The molecule has 0 unspecified atom stereocenters. The number of anilines is 1. The zero-order valence-electron chi connectivity index (χ0n) is 13.3. The maximum Gasteiger partial charge on any atom is 0.340 e. The van der Waals surface area contributed by atoms with E-state index in [9.17, 15) is 14.0 Å². The summed E-state index contributed by atoms with van der Waals surface area (Å²) in [5, 5.41) is 8.77. The topological polar surface area (TPSA) is 86.1 Å². The maximum absolute atomic E-state index is 13.0. The number of amides is 1. The van der Waals surface area contributed by atoms with Gasteiger partial charge in [0.05, 0.1) is 18.4 Å². The molecule has 0 aliphatic heterocycles. The number of carbonyl (C=O) groups is 2. The summed E-state index contributed by atoms with van der Waals surface area (Å²) in [6.07, 6.45) is 0. The number of nitrogens with one attached hydrogen (secondary N) is 1. The molecule has 0 fully saturated rings. The molecule has 25 heavy (non-hydrogen) atoms. The third-order valence-corrected chi connectivity index (χ3v) is 4.17. The molecule has 0 spiro atoms. The van der Waals surface area contributed by atoms with Gasteiger partial charge in [-0.1, -0.05) is 0 Å². The predicted octanol–water partition coefficient (Wildman–Crippen LogP) is 2.82. The van der Waals surface area contributed by atoms with Gasteiger partial charge in [-0.25, -0.2) is 18.9 Å². The Hall–Kier alpha value is -3.07. The van der Waals surface area contributed by atoms with E-state index in [0.29, 0.717) is 16.5 Å². The third kappa shape index (κ3) is 3.41. The number of aromatic nitrogens is 3. The van der Waals surface area contributed by atoms with E-state index in [1.165, 1.54) is 47.4 Å². The van der Waals surface area contributed by atoms with Gasteiger partial charge in [0.1, 0.15) is 16.6 Å². The van der Waals surface area contributed by atoms with Crippen molar-refractivity contribution < 1.29 is 18.7 Å². The number of nitrogens with zero attached hydrogens (tertiary/aromatic N) is 3. The van der Waals surface area contributed by atoms with Crippen LogP contribution in [0, 0.1) is 12.7 Å². The Kier molecular flexibility index (Phi) is 4.57. The second-order valence-corrected chi connectivity index (χ2v) is 5.90. The molecular formula is C16H13FN4O3S. The van der Waals surface area contributed by atoms with Crippen molar-refractivity contribution in [1.82, 2.24) is 14.8 Å². The van der Waals surface area contributed by atoms with Crippen molar-refractivity contribution in [3.8, 4) is 5.69 Å². The van der Waals surface area contributed by atoms with Gasteiger partial charge in [-0.05, 0) is 42.6 Å². The molecule has 0 atom stereocenters. The average molecular weight is 360 g/mol. The first-order chi connectivity index (χ1) is 12.0. The van der Waals surface area contributed by atoms with E-state index in [-0.39, 0.29) is 17.2 Å². The number of hydrogen-bond donors (Lipinski definition) is 1. The third-order valence-electron chi connectivity index (χ3n) is 3.34. The van der Waals surface area contributed by atoms with Crippen LogP contribution in [0.2, 0.25) is 0 Å². The highest BCUT2D eigenvalue weighted by atomic mass is 32.1. The largest absolute Gasteiger partial charge is 0.465 e. The van der Waals surface area contributed by atoms with Crippen molar-refractivity contribution in [3.63, 3.8) is 0 Å². The summed E-state index contributed by atoms with van der Waals surface area (Å²) >= 11 is 1.19. The number of rotatable bonds is 4. The van der Waals surface area contributed by atoms with Crippen LogP contribution in [0.1, 0.15) is 26.8 Å². The zero-order valence-corrected chi connectivity index (χ0v) is 14.1. The van der Waals surface area contributed by atoms with Crippen LogP contribution in [0.25, 0.3) is 5.69 Å². The van der Waals surface area contributed by atoms with E-state index in [0.717, 1.165) is 0 Å². The lowest BCUT2D eigenvalue weighted by Gasteiger charge is -2.03. The highest BCUT2D eigenvalue weighted by Gasteiger charge is 2.20. The molecule has 1 aromatic carbocycles. The van der Waals surface area contributed by atoms with E-state index >= 15 is 0 Å². The lowest BCUT2D eigenvalue weighted by atomic mass is 10.3. The number of benzene rings is 1. The van der Waals surface area contributed by atoms with Crippen molar-refractivity contribution in [2.24, 2.45) is 0 Å². The molecular weight excluding hydrogens is 347 g/mol. The Balaban J connectivity index is 1.84. The second-order valence-electron chi connectivity index (χ2n) is 4.98. The first-order valence-corrected chi connectivity index (χ1v) is 8.04. The Morgan fingerprint density at radius 2 is 1.96 bits per heavy atom. The van der Waals surface area contributed by atoms with E-state index in [1.807, 2.05) is 0 Å². The molecule has 128 valence electrons. The van der Waals surface area contributed by atoms with Crippen molar-refractivity contribution in [2.45, 2.75) is 6.92 Å². The average Bonchev–Trinajstić information content (AvgIpc) is 3.21. The Morgan fingerprint density at radius 1 is 1.24 bits per heavy atom. The summed E-state index contributed by atoms with van der Waals surface area (Å²) in [4.78, 5) is 28.1. The number of halogens is 1. The molecule has 3 aromatic rings. The minimum Gasteiger partial charge on any atom is -0.465 e. The van der Waals surface area contributed by atoms with E-state index < -0.39 is 11.9 Å². The van der Waals surface area contributed by atoms with Gasteiger partial charge in [-0.2, -0.15) is 0 Å². The van der Waals surface area contributed by atoms with E-state index in [2.05, 4.69) is 20.1 Å². The van der Waals surface area contributed by atoms with Gasteiger partial charge in [-0.3, -0.25) is 4.79 Å².